The highest BCUT2D eigenvalue weighted by Crippen LogP contribution is 2.44. The van der Waals surface area contributed by atoms with Crippen molar-refractivity contribution in [1.29, 1.82) is 0 Å². The van der Waals surface area contributed by atoms with Crippen molar-refractivity contribution in [3.8, 4) is 33.4 Å². The quantitative estimate of drug-likeness (QED) is 0.150. The molecule has 204 valence electrons. The van der Waals surface area contributed by atoms with Crippen molar-refractivity contribution in [1.82, 2.24) is 0 Å². The van der Waals surface area contributed by atoms with E-state index in [1.54, 1.807) is 0 Å². The zero-order chi connectivity index (χ0) is 29.0. The Morgan fingerprint density at radius 2 is 0.636 bits per heavy atom. The second-order valence-electron chi connectivity index (χ2n) is 11.7. The average Bonchev–Trinajstić information content (AvgIpc) is 3.10. The zero-order valence-electron chi connectivity index (χ0n) is 24.2. The summed E-state index contributed by atoms with van der Waals surface area (Å²) < 4.78 is 0. The van der Waals surface area contributed by atoms with Crippen LogP contribution in [0.25, 0.3) is 87.2 Å². The second kappa shape index (κ2) is 9.93. The van der Waals surface area contributed by atoms with Crippen LogP contribution in [-0.2, 0) is 0 Å². The van der Waals surface area contributed by atoms with Crippen LogP contribution in [0.2, 0.25) is 0 Å². The lowest BCUT2D eigenvalue weighted by Gasteiger charge is -2.18. The Labute approximate surface area is 256 Å². The Kier molecular flexibility index (Phi) is 5.61. The zero-order valence-corrected chi connectivity index (χ0v) is 24.2. The number of hydrogen-bond acceptors (Lipinski definition) is 0. The lowest BCUT2D eigenvalue weighted by molar-refractivity contribution is 1.63. The third-order valence-corrected chi connectivity index (χ3v) is 9.20. The largest absolute Gasteiger partial charge is 0.0616 e. The van der Waals surface area contributed by atoms with Gasteiger partial charge in [-0.2, -0.15) is 0 Å². The standard InChI is InChI=1S/C44H28/c1-2-12-31-27-36(23-20-29(31)10-1)44-41-18-7-5-16-39(41)43(40-17-6-8-19-42(40)44)35-14-9-13-32(28-35)33-24-25-38-34(26-33)22-21-30-11-3-4-15-37(30)38/h1-28H. The van der Waals surface area contributed by atoms with Crippen molar-refractivity contribution < 1.29 is 0 Å². The van der Waals surface area contributed by atoms with Crippen molar-refractivity contribution in [2.75, 3.05) is 0 Å². The minimum absolute atomic E-state index is 1.23. The van der Waals surface area contributed by atoms with Crippen LogP contribution in [0.3, 0.4) is 0 Å². The van der Waals surface area contributed by atoms with E-state index in [0.29, 0.717) is 0 Å². The van der Waals surface area contributed by atoms with E-state index in [-0.39, 0.29) is 0 Å². The summed E-state index contributed by atoms with van der Waals surface area (Å²) in [5.41, 5.74) is 7.52. The Hall–Kier alpha value is -5.72. The van der Waals surface area contributed by atoms with Gasteiger partial charge in [0.1, 0.15) is 0 Å². The first-order valence-corrected chi connectivity index (χ1v) is 15.3. The SMILES string of the molecule is c1cc(-c2ccc3c(ccc4ccccc43)c2)cc(-c2c3ccccc3c(-c3ccc4ccccc4c3)c3ccccc23)c1. The molecule has 0 radical (unpaired) electrons. The van der Waals surface area contributed by atoms with Crippen LogP contribution in [-0.4, -0.2) is 0 Å². The molecule has 0 heteroatoms. The van der Waals surface area contributed by atoms with Gasteiger partial charge < -0.3 is 0 Å². The molecule has 0 aromatic heterocycles. The third kappa shape index (κ3) is 3.92. The summed E-state index contributed by atoms with van der Waals surface area (Å²) in [6.45, 7) is 0. The van der Waals surface area contributed by atoms with Gasteiger partial charge in [0.05, 0.1) is 0 Å². The van der Waals surface area contributed by atoms with Crippen LogP contribution in [0.1, 0.15) is 0 Å². The molecular weight excluding hydrogens is 528 g/mol. The minimum Gasteiger partial charge on any atom is -0.0616 e. The third-order valence-electron chi connectivity index (χ3n) is 9.20. The Balaban J connectivity index is 1.26. The molecule has 0 aliphatic carbocycles. The van der Waals surface area contributed by atoms with Crippen molar-refractivity contribution in [2.24, 2.45) is 0 Å². The van der Waals surface area contributed by atoms with Crippen LogP contribution in [0, 0.1) is 0 Å². The normalized spacial score (nSPS) is 11.6. The summed E-state index contributed by atoms with van der Waals surface area (Å²) >= 11 is 0. The smallest absolute Gasteiger partial charge is 0.00262 e. The molecular formula is C44H28. The molecule has 44 heavy (non-hydrogen) atoms. The first-order valence-electron chi connectivity index (χ1n) is 15.3. The second-order valence-corrected chi connectivity index (χ2v) is 11.7. The molecule has 0 unspecified atom stereocenters. The number of benzene rings is 9. The molecule has 9 aromatic rings. The van der Waals surface area contributed by atoms with E-state index in [1.165, 1.54) is 87.2 Å². The minimum atomic E-state index is 1.23. The average molecular weight is 557 g/mol. The maximum absolute atomic E-state index is 2.37. The maximum atomic E-state index is 2.37. The fourth-order valence-corrected chi connectivity index (χ4v) is 7.14. The topological polar surface area (TPSA) is 0 Å². The summed E-state index contributed by atoms with van der Waals surface area (Å²) in [7, 11) is 0. The van der Waals surface area contributed by atoms with E-state index in [1.807, 2.05) is 0 Å². The number of hydrogen-bond donors (Lipinski definition) is 0. The lowest BCUT2D eigenvalue weighted by Crippen LogP contribution is -1.91. The number of rotatable bonds is 3. The van der Waals surface area contributed by atoms with E-state index < -0.39 is 0 Å². The first-order chi connectivity index (χ1) is 21.8. The fourth-order valence-electron chi connectivity index (χ4n) is 7.14. The monoisotopic (exact) mass is 556 g/mol. The fraction of sp³-hybridized carbons (Fsp3) is 0. The highest BCUT2D eigenvalue weighted by atomic mass is 14.2. The van der Waals surface area contributed by atoms with E-state index >= 15 is 0 Å². The van der Waals surface area contributed by atoms with Gasteiger partial charge in [0, 0.05) is 0 Å². The van der Waals surface area contributed by atoms with E-state index in [9.17, 15) is 0 Å². The van der Waals surface area contributed by atoms with Gasteiger partial charge in [-0.05, 0) is 105 Å². The van der Waals surface area contributed by atoms with Crippen molar-refractivity contribution in [2.45, 2.75) is 0 Å². The van der Waals surface area contributed by atoms with E-state index in [0.717, 1.165) is 0 Å². The molecule has 9 rings (SSSR count). The molecule has 0 amide bonds. The molecule has 0 aliphatic heterocycles. The van der Waals surface area contributed by atoms with Crippen LogP contribution in [0.15, 0.2) is 170 Å². The Morgan fingerprint density at radius 3 is 1.34 bits per heavy atom. The molecule has 0 bridgehead atoms. The van der Waals surface area contributed by atoms with E-state index in [2.05, 4.69) is 170 Å². The molecule has 9 aromatic carbocycles. The van der Waals surface area contributed by atoms with Crippen molar-refractivity contribution >= 4 is 53.9 Å². The van der Waals surface area contributed by atoms with Gasteiger partial charge in [-0.1, -0.05) is 152 Å². The summed E-state index contributed by atoms with van der Waals surface area (Å²) in [5.74, 6) is 0. The van der Waals surface area contributed by atoms with Gasteiger partial charge in [-0.15, -0.1) is 0 Å². The molecule has 0 nitrogen and oxygen atoms in total. The van der Waals surface area contributed by atoms with Crippen molar-refractivity contribution in [3.63, 3.8) is 0 Å². The van der Waals surface area contributed by atoms with Crippen LogP contribution < -0.4 is 0 Å². The number of fused-ring (bicyclic) bond motifs is 6. The predicted octanol–water partition coefficient (Wildman–Crippen LogP) is 12.5. The maximum Gasteiger partial charge on any atom is -0.00262 e. The van der Waals surface area contributed by atoms with Crippen LogP contribution in [0.5, 0.6) is 0 Å². The molecule has 0 atom stereocenters. The molecule has 0 fully saturated rings. The summed E-state index contributed by atoms with van der Waals surface area (Å²) in [4.78, 5) is 0. The highest BCUT2D eigenvalue weighted by molar-refractivity contribution is 6.22. The van der Waals surface area contributed by atoms with Crippen LogP contribution >= 0.6 is 0 Å². The highest BCUT2D eigenvalue weighted by Gasteiger charge is 2.17. The molecule has 0 heterocycles. The lowest BCUT2D eigenvalue weighted by atomic mass is 9.85. The van der Waals surface area contributed by atoms with Crippen molar-refractivity contribution in [3.05, 3.63) is 170 Å². The van der Waals surface area contributed by atoms with Gasteiger partial charge in [-0.3, -0.25) is 0 Å². The predicted molar refractivity (Wildman–Crippen MR) is 190 cm³/mol. The molecule has 0 N–H and O–H groups in total. The molecule has 0 saturated heterocycles. The molecule has 0 saturated carbocycles. The van der Waals surface area contributed by atoms with Gasteiger partial charge in [0.15, 0.2) is 0 Å². The summed E-state index contributed by atoms with van der Waals surface area (Å²) in [6.07, 6.45) is 0. The molecule has 0 aliphatic rings. The van der Waals surface area contributed by atoms with Gasteiger partial charge in [-0.25, -0.2) is 0 Å². The van der Waals surface area contributed by atoms with Gasteiger partial charge >= 0.3 is 0 Å². The van der Waals surface area contributed by atoms with Gasteiger partial charge in [0.25, 0.3) is 0 Å². The van der Waals surface area contributed by atoms with E-state index in [4.69, 9.17) is 0 Å². The summed E-state index contributed by atoms with van der Waals surface area (Å²) in [6, 6.07) is 62.4. The molecule has 0 spiro atoms. The Bertz CT molecular complexity index is 2490. The Morgan fingerprint density at radius 1 is 0.205 bits per heavy atom. The van der Waals surface area contributed by atoms with Crippen LogP contribution in [0.4, 0.5) is 0 Å². The first kappa shape index (κ1) is 24.8. The van der Waals surface area contributed by atoms with Gasteiger partial charge in [0.2, 0.25) is 0 Å². The summed E-state index contributed by atoms with van der Waals surface area (Å²) in [5, 5.41) is 12.8.